The summed E-state index contributed by atoms with van der Waals surface area (Å²) in [5.74, 6) is -1.54. The number of alkyl carbamates (subject to hydrolysis) is 1. The van der Waals surface area contributed by atoms with Gasteiger partial charge in [0.2, 0.25) is 17.7 Å². The van der Waals surface area contributed by atoms with Gasteiger partial charge in [-0.3, -0.25) is 14.4 Å². The first kappa shape index (κ1) is 40.5. The van der Waals surface area contributed by atoms with Gasteiger partial charge in [-0.25, -0.2) is 18.7 Å². The molecule has 0 radical (unpaired) electrons. The van der Waals surface area contributed by atoms with E-state index in [9.17, 15) is 27.6 Å². The number of nitrogens with one attached hydrogen (secondary N) is 3. The zero-order valence-corrected chi connectivity index (χ0v) is 33.5. The van der Waals surface area contributed by atoms with Crippen LogP contribution >= 0.6 is 0 Å². The third-order valence-corrected chi connectivity index (χ3v) is 12.2. The van der Waals surface area contributed by atoms with Crippen LogP contribution < -0.4 is 24.8 Å². The SMILES string of the molecule is CCCC1(OS(=O)(=O)NC(=O)[C@@]2(NC(=O)[C@@H]3C[C@@H](Oc4nccc5cc(OC)ccc45)CN3C(=O)[C@@H](NC(=O)OC(C)(C)C)C3CCCC3)CC2CC)CC1. The molecule has 302 valence electrons. The lowest BCUT2D eigenvalue weighted by Crippen LogP contribution is -2.59. The molecule has 4 amide bonds. The molecule has 0 bridgehead atoms. The topological polar surface area (TPSA) is 192 Å². The third kappa shape index (κ3) is 9.28. The minimum absolute atomic E-state index is 0.0114. The summed E-state index contributed by atoms with van der Waals surface area (Å²) in [6, 6.07) is 5.19. The second kappa shape index (κ2) is 15.8. The van der Waals surface area contributed by atoms with Gasteiger partial charge in [-0.2, -0.15) is 8.42 Å². The van der Waals surface area contributed by atoms with E-state index in [-0.39, 0.29) is 31.2 Å². The molecule has 1 aromatic carbocycles. The second-order valence-corrected chi connectivity index (χ2v) is 17.8. The van der Waals surface area contributed by atoms with Crippen molar-refractivity contribution in [1.29, 1.82) is 0 Å². The predicted molar refractivity (Wildman–Crippen MR) is 202 cm³/mol. The zero-order chi connectivity index (χ0) is 39.8. The fourth-order valence-electron chi connectivity index (χ4n) is 8.21. The highest BCUT2D eigenvalue weighted by molar-refractivity contribution is 7.85. The van der Waals surface area contributed by atoms with Crippen molar-refractivity contribution in [2.75, 3.05) is 13.7 Å². The number of ether oxygens (including phenoxy) is 3. The molecule has 2 aromatic rings. The molecule has 1 aliphatic heterocycles. The summed E-state index contributed by atoms with van der Waals surface area (Å²) in [5.41, 5.74) is -3.13. The van der Waals surface area contributed by atoms with Crippen LogP contribution in [0.2, 0.25) is 0 Å². The number of benzene rings is 1. The van der Waals surface area contributed by atoms with Gasteiger partial charge in [0.1, 0.15) is 35.1 Å². The Morgan fingerprint density at radius 1 is 1.07 bits per heavy atom. The van der Waals surface area contributed by atoms with Gasteiger partial charge in [0, 0.05) is 18.0 Å². The summed E-state index contributed by atoms with van der Waals surface area (Å²) in [6.45, 7) is 8.98. The van der Waals surface area contributed by atoms with Gasteiger partial charge in [-0.1, -0.05) is 39.5 Å². The first-order chi connectivity index (χ1) is 26.0. The van der Waals surface area contributed by atoms with Gasteiger partial charge >= 0.3 is 16.4 Å². The largest absolute Gasteiger partial charge is 0.497 e. The van der Waals surface area contributed by atoms with Crippen LogP contribution in [0.5, 0.6) is 11.6 Å². The van der Waals surface area contributed by atoms with E-state index in [1.807, 2.05) is 32.0 Å². The van der Waals surface area contributed by atoms with E-state index in [4.69, 9.17) is 18.4 Å². The normalized spacial score (nSPS) is 25.2. The predicted octanol–water partition coefficient (Wildman–Crippen LogP) is 4.67. The average Bonchev–Trinajstić information content (AvgIpc) is 3.87. The number of methoxy groups -OCH3 is 1. The molecule has 3 saturated carbocycles. The van der Waals surface area contributed by atoms with E-state index in [2.05, 4.69) is 20.3 Å². The molecule has 16 heteroatoms. The molecule has 1 saturated heterocycles. The molecule has 2 heterocycles. The summed E-state index contributed by atoms with van der Waals surface area (Å²) >= 11 is 0. The van der Waals surface area contributed by atoms with E-state index < -0.39 is 69.0 Å². The van der Waals surface area contributed by atoms with E-state index in [0.717, 1.165) is 24.6 Å². The number of carbonyl (C=O) groups excluding carboxylic acids is 4. The van der Waals surface area contributed by atoms with Crippen molar-refractivity contribution in [2.45, 2.75) is 140 Å². The Morgan fingerprint density at radius 2 is 1.80 bits per heavy atom. The van der Waals surface area contributed by atoms with Crippen LogP contribution in [0.3, 0.4) is 0 Å². The van der Waals surface area contributed by atoms with Gasteiger partial charge in [0.05, 0.1) is 19.3 Å². The highest BCUT2D eigenvalue weighted by atomic mass is 32.2. The molecule has 55 heavy (non-hydrogen) atoms. The molecule has 0 spiro atoms. The zero-order valence-electron chi connectivity index (χ0n) is 32.6. The smallest absolute Gasteiger partial charge is 0.408 e. The Bertz CT molecular complexity index is 1890. The van der Waals surface area contributed by atoms with E-state index in [0.29, 0.717) is 55.5 Å². The molecule has 1 unspecified atom stereocenters. The number of likely N-dealkylation sites (tertiary alicyclic amines) is 1. The molecule has 4 fully saturated rings. The van der Waals surface area contributed by atoms with Crippen molar-refractivity contribution < 1.29 is 46.0 Å². The van der Waals surface area contributed by atoms with Crippen molar-refractivity contribution in [3.63, 3.8) is 0 Å². The number of hydrogen-bond donors (Lipinski definition) is 3. The fraction of sp³-hybridized carbons (Fsp3) is 0.667. The number of rotatable bonds is 15. The lowest BCUT2D eigenvalue weighted by molar-refractivity contribution is -0.142. The van der Waals surface area contributed by atoms with Crippen molar-refractivity contribution in [2.24, 2.45) is 11.8 Å². The van der Waals surface area contributed by atoms with Crippen LogP contribution in [0.4, 0.5) is 4.79 Å². The Morgan fingerprint density at radius 3 is 2.42 bits per heavy atom. The van der Waals surface area contributed by atoms with Gasteiger partial charge in [-0.05, 0) is 101 Å². The molecule has 1 aromatic heterocycles. The Hall–Kier alpha value is -4.18. The first-order valence-electron chi connectivity index (χ1n) is 19.5. The van der Waals surface area contributed by atoms with Crippen molar-refractivity contribution in [1.82, 2.24) is 25.2 Å². The number of aromatic nitrogens is 1. The van der Waals surface area contributed by atoms with Crippen molar-refractivity contribution >= 4 is 44.9 Å². The van der Waals surface area contributed by atoms with E-state index in [1.165, 1.54) is 4.90 Å². The van der Waals surface area contributed by atoms with Gasteiger partial charge < -0.3 is 29.7 Å². The van der Waals surface area contributed by atoms with E-state index >= 15 is 0 Å². The second-order valence-electron chi connectivity index (χ2n) is 16.5. The fourth-order valence-corrected chi connectivity index (χ4v) is 9.38. The number of carbonyl (C=O) groups is 4. The summed E-state index contributed by atoms with van der Waals surface area (Å²) < 4.78 is 51.0. The monoisotopic (exact) mass is 785 g/mol. The third-order valence-electron chi connectivity index (χ3n) is 11.2. The number of nitrogens with zero attached hydrogens (tertiary/aromatic N) is 2. The van der Waals surface area contributed by atoms with Crippen molar-refractivity contribution in [3.8, 4) is 11.6 Å². The maximum atomic E-state index is 14.7. The molecular formula is C39H55N5O10S. The summed E-state index contributed by atoms with van der Waals surface area (Å²) in [4.78, 5) is 61.8. The van der Waals surface area contributed by atoms with Gasteiger partial charge in [0.25, 0.3) is 5.91 Å². The molecule has 15 nitrogen and oxygen atoms in total. The maximum Gasteiger partial charge on any atom is 0.408 e. The Labute approximate surface area is 323 Å². The van der Waals surface area contributed by atoms with Crippen LogP contribution in [-0.2, 0) is 33.6 Å². The molecule has 5 atom stereocenters. The Kier molecular flexibility index (Phi) is 11.6. The lowest BCUT2D eigenvalue weighted by atomic mass is 9.96. The minimum atomic E-state index is -4.47. The van der Waals surface area contributed by atoms with Crippen LogP contribution in [0.25, 0.3) is 10.8 Å². The number of fused-ring (bicyclic) bond motifs is 1. The van der Waals surface area contributed by atoms with Gasteiger partial charge in [-0.15, -0.1) is 0 Å². The first-order valence-corrected chi connectivity index (χ1v) is 20.9. The molecule has 3 N–H and O–H groups in total. The van der Waals surface area contributed by atoms with Crippen LogP contribution in [0, 0.1) is 11.8 Å². The quantitative estimate of drug-likeness (QED) is 0.227. The van der Waals surface area contributed by atoms with E-state index in [1.54, 1.807) is 40.1 Å². The van der Waals surface area contributed by atoms with Crippen LogP contribution in [-0.4, -0.2) is 90.7 Å². The van der Waals surface area contributed by atoms with Crippen LogP contribution in [0.1, 0.15) is 105 Å². The lowest BCUT2D eigenvalue weighted by Gasteiger charge is -2.32. The summed E-state index contributed by atoms with van der Waals surface area (Å²) in [7, 11) is -2.89. The van der Waals surface area contributed by atoms with Crippen LogP contribution in [0.15, 0.2) is 30.5 Å². The minimum Gasteiger partial charge on any atom is -0.497 e. The highest BCUT2D eigenvalue weighted by Gasteiger charge is 2.62. The molecular weight excluding hydrogens is 731 g/mol. The summed E-state index contributed by atoms with van der Waals surface area (Å²) in [6.07, 6.45) is 6.54. The highest BCUT2D eigenvalue weighted by Crippen LogP contribution is 2.48. The molecule has 3 aliphatic carbocycles. The number of hydrogen-bond acceptors (Lipinski definition) is 11. The standard InChI is InChI=1S/C39H55N5O10S/c1-7-16-38(17-18-38)54-55(49,50)43-35(47)39(22-26(39)8-2)42-32(45)30-21-28(52-33-29-14-13-27(51-6)20-25(29)15-19-40-33)23-44(30)34(46)31(24-11-9-10-12-24)41-36(48)53-37(3,4)5/h13-15,19-20,24,26,28,30-31H,7-12,16-18,21-23H2,1-6H3,(H,41,48)(H,42,45)(H,43,47)/t26?,28-,30+,31+,39-/m1/s1. The summed E-state index contributed by atoms with van der Waals surface area (Å²) in [5, 5.41) is 7.20. The number of amides is 4. The van der Waals surface area contributed by atoms with Gasteiger partial charge in [0.15, 0.2) is 0 Å². The molecule has 4 aliphatic rings. The molecule has 6 rings (SSSR count). The Balaban J connectivity index is 1.27. The average molecular weight is 786 g/mol. The maximum absolute atomic E-state index is 14.7. The van der Waals surface area contributed by atoms with Crippen molar-refractivity contribution in [3.05, 3.63) is 30.5 Å². The number of pyridine rings is 1.